The van der Waals surface area contributed by atoms with E-state index in [1.54, 1.807) is 24.3 Å². The molecule has 4 nitrogen and oxygen atoms in total. The van der Waals surface area contributed by atoms with Crippen LogP contribution >= 0.6 is 0 Å². The number of halogens is 2. The zero-order valence-corrected chi connectivity index (χ0v) is 15.9. The summed E-state index contributed by atoms with van der Waals surface area (Å²) in [7, 11) is 0. The highest BCUT2D eigenvalue weighted by molar-refractivity contribution is 6.36. The minimum absolute atomic E-state index is 0.147. The van der Waals surface area contributed by atoms with Crippen LogP contribution in [-0.2, 0) is 16.0 Å². The van der Waals surface area contributed by atoms with E-state index in [2.05, 4.69) is 5.32 Å². The van der Waals surface area contributed by atoms with Gasteiger partial charge in [0.25, 0.3) is 11.8 Å². The van der Waals surface area contributed by atoms with E-state index in [9.17, 15) is 18.4 Å². The minimum atomic E-state index is -0.453. The molecular weight excluding hydrogens is 386 g/mol. The number of nitrogens with zero attached hydrogens (tertiary/aromatic N) is 1. The monoisotopic (exact) mass is 404 g/mol. The SMILES string of the molecule is O=C1C(Nc2ccccc2)=C(c2ccc(F)cc2)C(=O)N1CCc1ccc(F)cc1. The van der Waals surface area contributed by atoms with Crippen LogP contribution in [0.5, 0.6) is 0 Å². The lowest BCUT2D eigenvalue weighted by atomic mass is 10.0. The lowest BCUT2D eigenvalue weighted by molar-refractivity contribution is -0.136. The normalized spacial score (nSPS) is 13.9. The van der Waals surface area contributed by atoms with Gasteiger partial charge in [-0.2, -0.15) is 0 Å². The number of para-hydroxylation sites is 1. The molecule has 0 aliphatic carbocycles. The number of amides is 2. The van der Waals surface area contributed by atoms with Crippen molar-refractivity contribution in [3.8, 4) is 0 Å². The maximum absolute atomic E-state index is 13.4. The van der Waals surface area contributed by atoms with Gasteiger partial charge in [0, 0.05) is 12.2 Å². The third kappa shape index (κ3) is 3.98. The number of rotatable bonds is 6. The second-order valence-corrected chi connectivity index (χ2v) is 6.89. The predicted octanol–water partition coefficient (Wildman–Crippen LogP) is 4.40. The van der Waals surface area contributed by atoms with Crippen molar-refractivity contribution in [2.24, 2.45) is 0 Å². The minimum Gasteiger partial charge on any atom is -0.350 e. The zero-order chi connectivity index (χ0) is 21.1. The van der Waals surface area contributed by atoms with E-state index in [1.807, 2.05) is 18.2 Å². The molecule has 3 aromatic rings. The van der Waals surface area contributed by atoms with Gasteiger partial charge in [-0.25, -0.2) is 8.78 Å². The number of hydrogen-bond donors (Lipinski definition) is 1. The predicted molar refractivity (Wildman–Crippen MR) is 110 cm³/mol. The van der Waals surface area contributed by atoms with Gasteiger partial charge in [-0.1, -0.05) is 42.5 Å². The van der Waals surface area contributed by atoms with E-state index in [-0.39, 0.29) is 23.6 Å². The largest absolute Gasteiger partial charge is 0.350 e. The van der Waals surface area contributed by atoms with Crippen LogP contribution in [0, 0.1) is 11.6 Å². The molecule has 150 valence electrons. The fourth-order valence-corrected chi connectivity index (χ4v) is 3.34. The number of benzene rings is 3. The number of nitrogens with one attached hydrogen (secondary N) is 1. The van der Waals surface area contributed by atoms with Crippen molar-refractivity contribution in [1.29, 1.82) is 0 Å². The van der Waals surface area contributed by atoms with E-state index < -0.39 is 17.6 Å². The van der Waals surface area contributed by atoms with E-state index in [1.165, 1.54) is 36.4 Å². The molecule has 0 saturated heterocycles. The van der Waals surface area contributed by atoms with Crippen molar-refractivity contribution in [3.05, 3.63) is 107 Å². The van der Waals surface area contributed by atoms with Crippen molar-refractivity contribution < 1.29 is 18.4 Å². The topological polar surface area (TPSA) is 49.4 Å². The molecule has 3 aromatic carbocycles. The summed E-state index contributed by atoms with van der Waals surface area (Å²) in [6.07, 6.45) is 0.396. The van der Waals surface area contributed by atoms with Crippen LogP contribution in [0.1, 0.15) is 11.1 Å². The van der Waals surface area contributed by atoms with Crippen LogP contribution in [0.4, 0.5) is 14.5 Å². The van der Waals surface area contributed by atoms with Crippen molar-refractivity contribution in [3.63, 3.8) is 0 Å². The Morgan fingerprint density at radius 2 is 1.33 bits per heavy atom. The van der Waals surface area contributed by atoms with Crippen LogP contribution in [0.3, 0.4) is 0 Å². The third-order valence-corrected chi connectivity index (χ3v) is 4.88. The average molecular weight is 404 g/mol. The average Bonchev–Trinajstić information content (AvgIpc) is 2.98. The number of carbonyl (C=O) groups is 2. The molecule has 0 fully saturated rings. The summed E-state index contributed by atoms with van der Waals surface area (Å²) in [4.78, 5) is 27.4. The highest BCUT2D eigenvalue weighted by Gasteiger charge is 2.38. The lowest BCUT2D eigenvalue weighted by Crippen LogP contribution is -2.34. The van der Waals surface area contributed by atoms with Crippen LogP contribution in [-0.4, -0.2) is 23.3 Å². The van der Waals surface area contributed by atoms with Gasteiger partial charge in [0.15, 0.2) is 0 Å². The van der Waals surface area contributed by atoms with Crippen LogP contribution in [0.25, 0.3) is 5.57 Å². The molecule has 1 aliphatic rings. The number of anilines is 1. The van der Waals surface area contributed by atoms with Crippen LogP contribution in [0.15, 0.2) is 84.6 Å². The van der Waals surface area contributed by atoms with Crippen molar-refractivity contribution in [2.75, 3.05) is 11.9 Å². The molecule has 0 unspecified atom stereocenters. The molecule has 4 rings (SSSR count). The summed E-state index contributed by atoms with van der Waals surface area (Å²) in [5.41, 5.74) is 2.27. The van der Waals surface area contributed by atoms with Gasteiger partial charge in [0.05, 0.1) is 5.57 Å². The molecule has 2 amide bonds. The molecule has 1 heterocycles. The van der Waals surface area contributed by atoms with Gasteiger partial charge in [0.2, 0.25) is 0 Å². The zero-order valence-electron chi connectivity index (χ0n) is 15.9. The Kier molecular flexibility index (Phi) is 5.39. The van der Waals surface area contributed by atoms with E-state index in [0.29, 0.717) is 17.7 Å². The van der Waals surface area contributed by atoms with Gasteiger partial charge < -0.3 is 5.32 Å². The first-order valence-corrected chi connectivity index (χ1v) is 9.46. The van der Waals surface area contributed by atoms with Gasteiger partial charge in [-0.3, -0.25) is 14.5 Å². The van der Waals surface area contributed by atoms with E-state index >= 15 is 0 Å². The maximum Gasteiger partial charge on any atom is 0.278 e. The van der Waals surface area contributed by atoms with Gasteiger partial charge in [0.1, 0.15) is 17.3 Å². The van der Waals surface area contributed by atoms with Crippen molar-refractivity contribution in [2.45, 2.75) is 6.42 Å². The Bertz CT molecular complexity index is 1110. The summed E-state index contributed by atoms with van der Waals surface area (Å²) in [5, 5.41) is 3.04. The fraction of sp³-hybridized carbons (Fsp3) is 0.0833. The molecule has 0 radical (unpaired) electrons. The van der Waals surface area contributed by atoms with Crippen LogP contribution in [0.2, 0.25) is 0 Å². The number of imide groups is 1. The Balaban J connectivity index is 1.64. The third-order valence-electron chi connectivity index (χ3n) is 4.88. The summed E-state index contributed by atoms with van der Waals surface area (Å²) >= 11 is 0. The van der Waals surface area contributed by atoms with Crippen molar-refractivity contribution in [1.82, 2.24) is 4.90 Å². The molecule has 1 N–H and O–H groups in total. The molecule has 0 atom stereocenters. The molecule has 6 heteroatoms. The van der Waals surface area contributed by atoms with Gasteiger partial charge in [-0.15, -0.1) is 0 Å². The van der Waals surface area contributed by atoms with Crippen LogP contribution < -0.4 is 5.32 Å². The van der Waals surface area contributed by atoms with E-state index in [0.717, 1.165) is 10.5 Å². The van der Waals surface area contributed by atoms with E-state index in [4.69, 9.17) is 0 Å². The summed E-state index contributed by atoms with van der Waals surface area (Å²) < 4.78 is 26.5. The second-order valence-electron chi connectivity index (χ2n) is 6.89. The number of carbonyl (C=O) groups excluding carboxylic acids is 2. The molecular formula is C24H18F2N2O2. The Morgan fingerprint density at radius 1 is 0.733 bits per heavy atom. The first-order valence-electron chi connectivity index (χ1n) is 9.46. The smallest absolute Gasteiger partial charge is 0.278 e. The highest BCUT2D eigenvalue weighted by atomic mass is 19.1. The Labute approximate surface area is 172 Å². The first-order chi connectivity index (χ1) is 14.5. The first kappa shape index (κ1) is 19.5. The Morgan fingerprint density at radius 3 is 1.97 bits per heavy atom. The summed E-state index contributed by atoms with van der Waals surface area (Å²) in [5.74, 6) is -1.68. The quantitative estimate of drug-likeness (QED) is 0.620. The summed E-state index contributed by atoms with van der Waals surface area (Å²) in [6.45, 7) is 0.147. The lowest BCUT2D eigenvalue weighted by Gasteiger charge is -2.15. The number of hydrogen-bond acceptors (Lipinski definition) is 3. The standard InChI is InChI=1S/C24H18F2N2O2/c25-18-10-6-16(7-11-18)14-15-28-23(29)21(17-8-12-19(26)13-9-17)22(24(28)30)27-20-4-2-1-3-5-20/h1-13,27H,14-15H2. The molecule has 1 aliphatic heterocycles. The second kappa shape index (κ2) is 8.29. The highest BCUT2D eigenvalue weighted by Crippen LogP contribution is 2.30. The fourth-order valence-electron chi connectivity index (χ4n) is 3.34. The molecule has 0 saturated carbocycles. The van der Waals surface area contributed by atoms with Gasteiger partial charge in [-0.05, 0) is 53.9 Å². The molecule has 0 spiro atoms. The Hall–Kier alpha value is -3.80. The molecule has 30 heavy (non-hydrogen) atoms. The molecule has 0 bridgehead atoms. The summed E-state index contributed by atoms with van der Waals surface area (Å²) in [6, 6.07) is 20.4. The molecule has 0 aromatic heterocycles. The maximum atomic E-state index is 13.4. The van der Waals surface area contributed by atoms with Gasteiger partial charge >= 0.3 is 0 Å². The van der Waals surface area contributed by atoms with Crippen molar-refractivity contribution >= 4 is 23.1 Å².